The highest BCUT2D eigenvalue weighted by Gasteiger charge is 2.21. The van der Waals surface area contributed by atoms with Gasteiger partial charge in [0.1, 0.15) is 12.1 Å². The van der Waals surface area contributed by atoms with E-state index in [1.54, 1.807) is 6.07 Å². The first-order valence-electron chi connectivity index (χ1n) is 9.74. The maximum atomic E-state index is 12.6. The van der Waals surface area contributed by atoms with E-state index in [1.807, 2.05) is 0 Å². The van der Waals surface area contributed by atoms with Gasteiger partial charge in [-0.05, 0) is 37.3 Å². The second-order valence-corrected chi connectivity index (χ2v) is 7.74. The number of rotatable bonds is 5. The van der Waals surface area contributed by atoms with Crippen molar-refractivity contribution in [1.29, 1.82) is 0 Å². The van der Waals surface area contributed by atoms with Gasteiger partial charge in [0, 0.05) is 41.2 Å². The van der Waals surface area contributed by atoms with E-state index >= 15 is 0 Å². The molecule has 0 saturated carbocycles. The monoisotopic (exact) mass is 464 g/mol. The highest BCUT2D eigenvalue weighted by atomic mass is 35.5. The van der Waals surface area contributed by atoms with Crippen LogP contribution in [0.3, 0.4) is 0 Å². The van der Waals surface area contributed by atoms with Crippen LogP contribution >= 0.6 is 36.4 Å². The fourth-order valence-corrected chi connectivity index (χ4v) is 4.34. The van der Waals surface area contributed by atoms with Crippen molar-refractivity contribution in [2.75, 3.05) is 39.4 Å². The number of hydrogen-bond donors (Lipinski definition) is 1. The van der Waals surface area contributed by atoms with E-state index in [9.17, 15) is 9.90 Å². The van der Waals surface area contributed by atoms with Crippen LogP contribution in [0.5, 0.6) is 5.75 Å². The molecule has 9 heteroatoms. The zero-order chi connectivity index (χ0) is 18.8. The number of aryl methyl sites for hydroxylation is 1. The second kappa shape index (κ2) is 10.8. The van der Waals surface area contributed by atoms with Crippen molar-refractivity contribution < 1.29 is 19.6 Å². The fraction of sp³-hybridized carbons (Fsp3) is 0.550. The molecule has 2 aliphatic rings. The Morgan fingerprint density at radius 1 is 1.14 bits per heavy atom. The van der Waals surface area contributed by atoms with Gasteiger partial charge >= 0.3 is 5.63 Å². The molecule has 2 N–H and O–H groups in total. The van der Waals surface area contributed by atoms with Crippen LogP contribution in [0.1, 0.15) is 29.5 Å². The molecular formula is C20H27Cl3N2O4. The standard InChI is InChI=1S/C20H25ClN2O4.2ClH/c21-17-11-15-13-3-1-2-4-14(13)20(25)27-19(15)16(18(17)24)12-22-5-6-23-7-9-26-10-8-23;;/h11,22,24H,1-10,12H2;2*1H. The molecule has 1 aromatic heterocycles. The Kier molecular flexibility index (Phi) is 9.07. The van der Waals surface area contributed by atoms with Crippen molar-refractivity contribution in [2.24, 2.45) is 0 Å². The van der Waals surface area contributed by atoms with E-state index in [0.717, 1.165) is 81.6 Å². The summed E-state index contributed by atoms with van der Waals surface area (Å²) >= 11 is 6.24. The summed E-state index contributed by atoms with van der Waals surface area (Å²) in [6.45, 7) is 5.71. The summed E-state index contributed by atoms with van der Waals surface area (Å²) in [4.78, 5) is 14.8. The zero-order valence-electron chi connectivity index (χ0n) is 16.2. The highest BCUT2D eigenvalue weighted by Crippen LogP contribution is 2.35. The number of ether oxygens (including phenoxy) is 1. The third-order valence-corrected chi connectivity index (χ3v) is 5.90. The number of fused-ring (bicyclic) bond motifs is 3. The Bertz CT molecular complexity index is 898. The molecule has 0 atom stereocenters. The van der Waals surface area contributed by atoms with Gasteiger partial charge in [-0.1, -0.05) is 17.4 Å². The number of benzene rings is 1. The van der Waals surface area contributed by atoms with Crippen LogP contribution in [0.25, 0.3) is 11.0 Å². The second-order valence-electron chi connectivity index (χ2n) is 7.33. The molecule has 1 fully saturated rings. The Labute approximate surface area is 187 Å². The lowest BCUT2D eigenvalue weighted by Gasteiger charge is -2.26. The van der Waals surface area contributed by atoms with Gasteiger partial charge in [-0.15, -0.1) is 24.8 Å². The Morgan fingerprint density at radius 3 is 2.55 bits per heavy atom. The van der Waals surface area contributed by atoms with E-state index in [0.29, 0.717) is 17.7 Å². The van der Waals surface area contributed by atoms with E-state index in [4.69, 9.17) is 20.8 Å². The van der Waals surface area contributed by atoms with Crippen molar-refractivity contribution >= 4 is 47.4 Å². The number of halogens is 3. The third kappa shape index (κ3) is 5.19. The van der Waals surface area contributed by atoms with Gasteiger partial charge in [0.2, 0.25) is 0 Å². The fourth-order valence-electron chi connectivity index (χ4n) is 4.12. The van der Waals surface area contributed by atoms with Crippen molar-refractivity contribution in [1.82, 2.24) is 4.90 Å². The van der Waals surface area contributed by atoms with Gasteiger partial charge < -0.3 is 19.6 Å². The average molecular weight is 466 g/mol. The van der Waals surface area contributed by atoms with Crippen LogP contribution in [0.4, 0.5) is 0 Å². The molecule has 162 valence electrons. The third-order valence-electron chi connectivity index (χ3n) is 5.62. The number of nitrogens with zero attached hydrogens (tertiary/aromatic N) is 1. The molecule has 29 heavy (non-hydrogen) atoms. The molecule has 4 rings (SSSR count). The summed E-state index contributed by atoms with van der Waals surface area (Å²) in [5, 5.41) is 15.7. The van der Waals surface area contributed by atoms with Crippen molar-refractivity contribution in [2.45, 2.75) is 32.2 Å². The molecule has 0 amide bonds. The first-order chi connectivity index (χ1) is 13.1. The maximum Gasteiger partial charge on any atom is 0.339 e. The normalized spacial score (nSPS) is 16.7. The average Bonchev–Trinajstić information content (AvgIpc) is 2.70. The number of quaternary nitrogens is 1. The summed E-state index contributed by atoms with van der Waals surface area (Å²) in [5.41, 5.74) is 2.41. The first-order valence-corrected chi connectivity index (χ1v) is 10.1. The largest absolute Gasteiger partial charge is 0.871 e. The Morgan fingerprint density at radius 2 is 1.83 bits per heavy atom. The predicted octanol–water partition coefficient (Wildman–Crippen LogP) is 1.64. The Hall–Kier alpha value is -1.02. The summed E-state index contributed by atoms with van der Waals surface area (Å²) in [5.74, 6) is -0.231. The van der Waals surface area contributed by atoms with Crippen LogP contribution in [0.2, 0.25) is 5.02 Å². The lowest BCUT2D eigenvalue weighted by molar-refractivity contribution is -0.670. The van der Waals surface area contributed by atoms with Gasteiger partial charge in [-0.2, -0.15) is 0 Å². The van der Waals surface area contributed by atoms with Gasteiger partial charge in [0.05, 0.1) is 19.8 Å². The minimum absolute atomic E-state index is 0. The maximum absolute atomic E-state index is 12.6. The lowest BCUT2D eigenvalue weighted by Crippen LogP contribution is -2.84. The number of hydrogen-bond acceptors (Lipinski definition) is 5. The SMILES string of the molecule is Cl.Cl.O=c1oc2c(C[NH2+]CCN3CCOCC3)c([O-])c(Cl)cc2c2c1CCCC2. The van der Waals surface area contributed by atoms with E-state index in [-0.39, 0.29) is 41.2 Å². The van der Waals surface area contributed by atoms with Crippen molar-refractivity contribution in [3.8, 4) is 5.75 Å². The highest BCUT2D eigenvalue weighted by molar-refractivity contribution is 6.33. The van der Waals surface area contributed by atoms with Crippen molar-refractivity contribution in [3.63, 3.8) is 0 Å². The first kappa shape index (κ1) is 24.3. The molecule has 2 aromatic rings. The quantitative estimate of drug-likeness (QED) is 0.536. The van der Waals surface area contributed by atoms with Gasteiger partial charge in [0.15, 0.2) is 0 Å². The zero-order valence-corrected chi connectivity index (χ0v) is 18.6. The molecule has 6 nitrogen and oxygen atoms in total. The van der Waals surface area contributed by atoms with Gasteiger partial charge in [-0.3, -0.25) is 4.90 Å². The van der Waals surface area contributed by atoms with Crippen LogP contribution in [0, 0.1) is 0 Å². The van der Waals surface area contributed by atoms with E-state index in [2.05, 4.69) is 10.2 Å². The summed E-state index contributed by atoms with van der Waals surface area (Å²) < 4.78 is 11.0. The summed E-state index contributed by atoms with van der Waals surface area (Å²) in [7, 11) is 0. The predicted molar refractivity (Wildman–Crippen MR) is 116 cm³/mol. The van der Waals surface area contributed by atoms with Crippen LogP contribution in [-0.4, -0.2) is 44.3 Å². The molecule has 0 bridgehead atoms. The molecule has 0 spiro atoms. The molecule has 1 aromatic carbocycles. The molecule has 1 aliphatic carbocycles. The molecule has 1 aliphatic heterocycles. The smallest absolute Gasteiger partial charge is 0.339 e. The lowest BCUT2D eigenvalue weighted by atomic mass is 9.90. The molecule has 2 heterocycles. The molecular weight excluding hydrogens is 439 g/mol. The molecule has 0 radical (unpaired) electrons. The van der Waals surface area contributed by atoms with Crippen LogP contribution in [-0.2, 0) is 24.1 Å². The summed E-state index contributed by atoms with van der Waals surface area (Å²) in [6, 6.07) is 1.68. The van der Waals surface area contributed by atoms with Crippen LogP contribution in [0.15, 0.2) is 15.3 Å². The number of morpholine rings is 1. The molecule has 1 saturated heterocycles. The Balaban J connectivity index is 0.00000150. The van der Waals surface area contributed by atoms with E-state index < -0.39 is 0 Å². The van der Waals surface area contributed by atoms with E-state index in [1.165, 1.54) is 0 Å². The minimum atomic E-state index is -0.298. The van der Waals surface area contributed by atoms with Crippen LogP contribution < -0.4 is 16.0 Å². The minimum Gasteiger partial charge on any atom is -0.871 e. The topological polar surface area (TPSA) is 82.4 Å². The van der Waals surface area contributed by atoms with Crippen molar-refractivity contribution in [3.05, 3.63) is 38.2 Å². The van der Waals surface area contributed by atoms with Gasteiger partial charge in [0.25, 0.3) is 0 Å². The number of nitrogens with two attached hydrogens (primary N) is 1. The van der Waals surface area contributed by atoms with Gasteiger partial charge in [-0.25, -0.2) is 4.79 Å². The molecule has 0 unspecified atom stereocenters. The summed E-state index contributed by atoms with van der Waals surface area (Å²) in [6.07, 6.45) is 3.62.